The summed E-state index contributed by atoms with van der Waals surface area (Å²) in [6, 6.07) is 17.1. The second-order valence-corrected chi connectivity index (χ2v) is 7.86. The predicted octanol–water partition coefficient (Wildman–Crippen LogP) is 4.70. The van der Waals surface area contributed by atoms with Gasteiger partial charge in [0.2, 0.25) is 5.91 Å². The van der Waals surface area contributed by atoms with Crippen LogP contribution in [0.5, 0.6) is 0 Å². The second kappa shape index (κ2) is 8.09. The zero-order valence-electron chi connectivity index (χ0n) is 16.3. The molecule has 1 aliphatic heterocycles. The Labute approximate surface area is 174 Å². The SMILES string of the molecule is CCc1cccc(C)c1NC(=O)CN1C(=O)c2cccnc2Sc2ccccc21. The highest BCUT2D eigenvalue weighted by Gasteiger charge is 2.29. The highest BCUT2D eigenvalue weighted by molar-refractivity contribution is 7.99. The van der Waals surface area contributed by atoms with Crippen molar-refractivity contribution >= 4 is 35.0 Å². The van der Waals surface area contributed by atoms with E-state index < -0.39 is 0 Å². The molecule has 29 heavy (non-hydrogen) atoms. The maximum atomic E-state index is 13.3. The number of pyridine rings is 1. The van der Waals surface area contributed by atoms with Crippen LogP contribution in [-0.2, 0) is 11.2 Å². The van der Waals surface area contributed by atoms with Crippen LogP contribution in [0.2, 0.25) is 0 Å². The number of aromatic nitrogens is 1. The van der Waals surface area contributed by atoms with Gasteiger partial charge in [-0.1, -0.05) is 49.0 Å². The molecular weight excluding hydrogens is 382 g/mol. The van der Waals surface area contributed by atoms with Crippen molar-refractivity contribution in [3.63, 3.8) is 0 Å². The average Bonchev–Trinajstić information content (AvgIpc) is 2.85. The third-order valence-corrected chi connectivity index (χ3v) is 6.00. The van der Waals surface area contributed by atoms with Crippen LogP contribution in [-0.4, -0.2) is 23.3 Å². The van der Waals surface area contributed by atoms with Gasteiger partial charge in [-0.05, 0) is 48.7 Å². The Balaban J connectivity index is 1.67. The molecule has 2 heterocycles. The Hall–Kier alpha value is -3.12. The number of carbonyl (C=O) groups is 2. The molecular formula is C23H21N3O2S. The number of hydrogen-bond acceptors (Lipinski definition) is 4. The van der Waals surface area contributed by atoms with E-state index in [0.29, 0.717) is 10.6 Å². The van der Waals surface area contributed by atoms with Crippen molar-refractivity contribution in [2.45, 2.75) is 30.2 Å². The van der Waals surface area contributed by atoms with Gasteiger partial charge in [-0.2, -0.15) is 0 Å². The van der Waals surface area contributed by atoms with Gasteiger partial charge < -0.3 is 5.32 Å². The van der Waals surface area contributed by atoms with Gasteiger partial charge in [-0.25, -0.2) is 4.98 Å². The highest BCUT2D eigenvalue weighted by atomic mass is 32.2. The maximum absolute atomic E-state index is 13.3. The third-order valence-electron chi connectivity index (χ3n) is 4.92. The molecule has 6 heteroatoms. The fourth-order valence-corrected chi connectivity index (χ4v) is 4.46. The lowest BCUT2D eigenvalue weighted by atomic mass is 10.1. The molecule has 0 radical (unpaired) electrons. The topological polar surface area (TPSA) is 62.3 Å². The van der Waals surface area contributed by atoms with Gasteiger partial charge in [0.05, 0.1) is 11.3 Å². The summed E-state index contributed by atoms with van der Waals surface area (Å²) in [5.41, 5.74) is 4.13. The number of fused-ring (bicyclic) bond motifs is 2. The molecule has 0 bridgehead atoms. The fourth-order valence-electron chi connectivity index (χ4n) is 3.44. The number of para-hydroxylation sites is 2. The second-order valence-electron chi connectivity index (χ2n) is 6.83. The number of benzene rings is 2. The zero-order chi connectivity index (χ0) is 20.4. The molecule has 0 saturated carbocycles. The van der Waals surface area contributed by atoms with Crippen LogP contribution in [0.3, 0.4) is 0 Å². The van der Waals surface area contributed by atoms with Gasteiger partial charge in [-0.15, -0.1) is 0 Å². The monoisotopic (exact) mass is 403 g/mol. The molecule has 0 unspecified atom stereocenters. The van der Waals surface area contributed by atoms with E-state index in [1.807, 2.05) is 49.4 Å². The molecule has 0 atom stereocenters. The van der Waals surface area contributed by atoms with Crippen LogP contribution in [0.4, 0.5) is 11.4 Å². The van der Waals surface area contributed by atoms with Crippen LogP contribution < -0.4 is 10.2 Å². The summed E-state index contributed by atoms with van der Waals surface area (Å²) in [7, 11) is 0. The summed E-state index contributed by atoms with van der Waals surface area (Å²) < 4.78 is 0. The number of rotatable bonds is 4. The van der Waals surface area contributed by atoms with Gasteiger partial charge in [-0.3, -0.25) is 14.5 Å². The number of carbonyl (C=O) groups excluding carboxylic acids is 2. The lowest BCUT2D eigenvalue weighted by Crippen LogP contribution is -2.38. The van der Waals surface area contributed by atoms with Crippen molar-refractivity contribution in [1.29, 1.82) is 0 Å². The molecule has 1 N–H and O–H groups in total. The molecule has 0 saturated heterocycles. The number of nitrogens with zero attached hydrogens (tertiary/aromatic N) is 2. The molecule has 146 valence electrons. The quantitative estimate of drug-likeness (QED) is 0.686. The highest BCUT2D eigenvalue weighted by Crippen LogP contribution is 2.40. The van der Waals surface area contributed by atoms with Crippen LogP contribution in [0.15, 0.2) is 70.7 Å². The summed E-state index contributed by atoms with van der Waals surface area (Å²) in [4.78, 5) is 33.0. The van der Waals surface area contributed by atoms with Crippen LogP contribution in [0.1, 0.15) is 28.4 Å². The first-order valence-electron chi connectivity index (χ1n) is 9.50. The Morgan fingerprint density at radius 1 is 1.10 bits per heavy atom. The summed E-state index contributed by atoms with van der Waals surface area (Å²) in [6.07, 6.45) is 2.49. The Bertz CT molecular complexity index is 1100. The number of amides is 2. The molecule has 2 aromatic carbocycles. The van der Waals surface area contributed by atoms with Crippen molar-refractivity contribution in [3.05, 3.63) is 77.5 Å². The number of anilines is 2. The van der Waals surface area contributed by atoms with E-state index in [1.165, 1.54) is 16.7 Å². The minimum atomic E-state index is -0.227. The van der Waals surface area contributed by atoms with Gasteiger partial charge in [0.25, 0.3) is 5.91 Å². The van der Waals surface area contributed by atoms with Crippen LogP contribution >= 0.6 is 11.8 Å². The number of nitrogens with one attached hydrogen (secondary N) is 1. The molecule has 0 aliphatic carbocycles. The Morgan fingerprint density at radius 3 is 2.76 bits per heavy atom. The summed E-state index contributed by atoms with van der Waals surface area (Å²) in [5, 5.41) is 3.67. The van der Waals surface area contributed by atoms with Gasteiger partial charge >= 0.3 is 0 Å². The van der Waals surface area contributed by atoms with Crippen molar-refractivity contribution in [2.75, 3.05) is 16.8 Å². The largest absolute Gasteiger partial charge is 0.324 e. The van der Waals surface area contributed by atoms with Gasteiger partial charge in [0, 0.05) is 16.8 Å². The lowest BCUT2D eigenvalue weighted by molar-refractivity contribution is -0.114. The summed E-state index contributed by atoms with van der Waals surface area (Å²) >= 11 is 1.45. The lowest BCUT2D eigenvalue weighted by Gasteiger charge is -2.23. The molecule has 4 rings (SSSR count). The van der Waals surface area contributed by atoms with E-state index in [4.69, 9.17) is 0 Å². The molecule has 0 fully saturated rings. The molecule has 3 aromatic rings. The molecule has 1 aromatic heterocycles. The normalized spacial score (nSPS) is 12.8. The minimum absolute atomic E-state index is 0.0672. The maximum Gasteiger partial charge on any atom is 0.261 e. The van der Waals surface area contributed by atoms with Crippen LogP contribution in [0, 0.1) is 6.92 Å². The predicted molar refractivity (Wildman–Crippen MR) is 116 cm³/mol. The standard InChI is InChI=1S/C23H21N3O2S/c1-3-16-9-6-8-15(2)21(16)25-20(27)14-26-18-11-4-5-12-19(18)29-22-17(23(26)28)10-7-13-24-22/h4-13H,3,14H2,1-2H3,(H,25,27). The van der Waals surface area contributed by atoms with E-state index in [-0.39, 0.29) is 18.4 Å². The number of hydrogen-bond donors (Lipinski definition) is 1. The molecule has 1 aliphatic rings. The molecule has 2 amide bonds. The fraction of sp³-hybridized carbons (Fsp3) is 0.174. The van der Waals surface area contributed by atoms with E-state index in [2.05, 4.69) is 17.2 Å². The first kappa shape index (κ1) is 19.2. The van der Waals surface area contributed by atoms with E-state index in [0.717, 1.165) is 33.8 Å². The first-order chi connectivity index (χ1) is 14.1. The number of aryl methyl sites for hydroxylation is 2. The first-order valence-corrected chi connectivity index (χ1v) is 10.3. The molecule has 0 spiro atoms. The van der Waals surface area contributed by atoms with Crippen molar-refractivity contribution in [2.24, 2.45) is 0 Å². The summed E-state index contributed by atoms with van der Waals surface area (Å²) in [5.74, 6) is -0.448. The van der Waals surface area contributed by atoms with Crippen molar-refractivity contribution in [3.8, 4) is 0 Å². The van der Waals surface area contributed by atoms with Crippen LogP contribution in [0.25, 0.3) is 0 Å². The van der Waals surface area contributed by atoms with Gasteiger partial charge in [0.1, 0.15) is 11.6 Å². The zero-order valence-corrected chi connectivity index (χ0v) is 17.1. The van der Waals surface area contributed by atoms with E-state index in [1.54, 1.807) is 18.3 Å². The minimum Gasteiger partial charge on any atom is -0.324 e. The van der Waals surface area contributed by atoms with E-state index in [9.17, 15) is 9.59 Å². The van der Waals surface area contributed by atoms with Gasteiger partial charge in [0.15, 0.2) is 0 Å². The summed E-state index contributed by atoms with van der Waals surface area (Å²) in [6.45, 7) is 3.96. The third kappa shape index (κ3) is 3.76. The Morgan fingerprint density at radius 2 is 1.93 bits per heavy atom. The smallest absolute Gasteiger partial charge is 0.261 e. The molecule has 5 nitrogen and oxygen atoms in total. The Kier molecular flexibility index (Phi) is 5.36. The van der Waals surface area contributed by atoms with Crippen molar-refractivity contribution < 1.29 is 9.59 Å². The van der Waals surface area contributed by atoms with Crippen molar-refractivity contribution in [1.82, 2.24) is 4.98 Å². The average molecular weight is 404 g/mol. The van der Waals surface area contributed by atoms with E-state index >= 15 is 0 Å².